The summed E-state index contributed by atoms with van der Waals surface area (Å²) in [7, 11) is -3.30. The molecule has 1 aromatic carbocycles. The van der Waals surface area contributed by atoms with Crippen LogP contribution >= 0.6 is 0 Å². The van der Waals surface area contributed by atoms with E-state index in [4.69, 9.17) is 5.11 Å². The fourth-order valence-electron chi connectivity index (χ4n) is 3.27. The molecule has 0 radical (unpaired) electrons. The van der Waals surface area contributed by atoms with Gasteiger partial charge in [0.25, 0.3) is 5.91 Å². The van der Waals surface area contributed by atoms with E-state index in [1.54, 1.807) is 29.2 Å². The number of rotatable bonds is 3. The van der Waals surface area contributed by atoms with E-state index < -0.39 is 21.9 Å². The van der Waals surface area contributed by atoms with Crippen LogP contribution in [0.4, 0.5) is 5.69 Å². The topological polar surface area (TPSA) is 95.0 Å². The number of piperidine rings is 1. The van der Waals surface area contributed by atoms with Gasteiger partial charge < -0.3 is 10.0 Å². The number of hydrogen-bond donors (Lipinski definition) is 1. The molecular weight excluding hydrogens is 332 g/mol. The van der Waals surface area contributed by atoms with Crippen LogP contribution in [-0.4, -0.2) is 55.7 Å². The number of amides is 1. The highest BCUT2D eigenvalue weighted by molar-refractivity contribution is 7.93. The number of carboxylic acid groups (broad SMARTS) is 1. The fourth-order valence-corrected chi connectivity index (χ4v) is 4.83. The third-order valence-corrected chi connectivity index (χ3v) is 6.41. The Morgan fingerprint density at radius 1 is 1.17 bits per heavy atom. The Morgan fingerprint density at radius 3 is 2.62 bits per heavy atom. The summed E-state index contributed by atoms with van der Waals surface area (Å²) < 4.78 is 25.4. The lowest BCUT2D eigenvalue weighted by atomic mass is 9.97. The van der Waals surface area contributed by atoms with Crippen LogP contribution in [0.5, 0.6) is 0 Å². The van der Waals surface area contributed by atoms with Crippen molar-refractivity contribution >= 4 is 27.6 Å². The second kappa shape index (κ2) is 6.43. The van der Waals surface area contributed by atoms with Crippen molar-refractivity contribution in [3.63, 3.8) is 0 Å². The number of carbonyl (C=O) groups is 2. The molecule has 0 saturated carbocycles. The lowest BCUT2D eigenvalue weighted by Crippen LogP contribution is -2.42. The smallest absolute Gasteiger partial charge is 0.308 e. The van der Waals surface area contributed by atoms with Crippen molar-refractivity contribution < 1.29 is 23.1 Å². The summed E-state index contributed by atoms with van der Waals surface area (Å²) in [6.45, 7) is 1.14. The largest absolute Gasteiger partial charge is 0.481 e. The molecule has 24 heavy (non-hydrogen) atoms. The highest BCUT2D eigenvalue weighted by Crippen LogP contribution is 2.26. The van der Waals surface area contributed by atoms with Crippen LogP contribution in [-0.2, 0) is 14.8 Å². The number of benzene rings is 1. The second-order valence-corrected chi connectivity index (χ2v) is 8.23. The number of anilines is 1. The van der Waals surface area contributed by atoms with Gasteiger partial charge >= 0.3 is 5.97 Å². The van der Waals surface area contributed by atoms with E-state index in [0.29, 0.717) is 43.6 Å². The highest BCUT2D eigenvalue weighted by atomic mass is 32.2. The van der Waals surface area contributed by atoms with Gasteiger partial charge in [-0.1, -0.05) is 6.07 Å². The Labute approximate surface area is 140 Å². The molecule has 1 unspecified atom stereocenters. The van der Waals surface area contributed by atoms with E-state index in [2.05, 4.69) is 0 Å². The fraction of sp³-hybridized carbons (Fsp3) is 0.500. The third-order valence-electron chi connectivity index (χ3n) is 4.54. The molecule has 1 atom stereocenters. The predicted molar refractivity (Wildman–Crippen MR) is 88.5 cm³/mol. The molecule has 0 aliphatic carbocycles. The van der Waals surface area contributed by atoms with Crippen molar-refractivity contribution in [2.75, 3.05) is 29.7 Å². The summed E-state index contributed by atoms with van der Waals surface area (Å²) in [4.78, 5) is 25.4. The van der Waals surface area contributed by atoms with Crippen LogP contribution in [0.1, 0.15) is 29.6 Å². The minimum atomic E-state index is -3.30. The van der Waals surface area contributed by atoms with Crippen LogP contribution in [0.2, 0.25) is 0 Å². The monoisotopic (exact) mass is 352 g/mol. The van der Waals surface area contributed by atoms with Gasteiger partial charge in [-0.25, -0.2) is 8.42 Å². The maximum absolute atomic E-state index is 12.7. The molecule has 1 N–H and O–H groups in total. The maximum Gasteiger partial charge on any atom is 0.308 e. The molecule has 1 aromatic rings. The number of likely N-dealkylation sites (tertiary alicyclic amines) is 1. The van der Waals surface area contributed by atoms with Crippen molar-refractivity contribution in [1.29, 1.82) is 0 Å². The van der Waals surface area contributed by atoms with Gasteiger partial charge in [-0.2, -0.15) is 0 Å². The summed E-state index contributed by atoms with van der Waals surface area (Å²) in [5, 5.41) is 9.14. The van der Waals surface area contributed by atoms with Gasteiger partial charge in [-0.3, -0.25) is 13.9 Å². The van der Waals surface area contributed by atoms with Gasteiger partial charge in [0, 0.05) is 25.2 Å². The van der Waals surface area contributed by atoms with E-state index in [9.17, 15) is 18.0 Å². The van der Waals surface area contributed by atoms with Crippen LogP contribution in [0.3, 0.4) is 0 Å². The van der Waals surface area contributed by atoms with E-state index in [1.165, 1.54) is 4.31 Å². The average molecular weight is 352 g/mol. The van der Waals surface area contributed by atoms with E-state index in [1.807, 2.05) is 0 Å². The van der Waals surface area contributed by atoms with Crippen LogP contribution in [0.15, 0.2) is 24.3 Å². The van der Waals surface area contributed by atoms with Crippen molar-refractivity contribution in [2.45, 2.75) is 19.3 Å². The van der Waals surface area contributed by atoms with Crippen molar-refractivity contribution in [3.05, 3.63) is 29.8 Å². The number of hydrogen-bond acceptors (Lipinski definition) is 4. The van der Waals surface area contributed by atoms with Crippen LogP contribution in [0.25, 0.3) is 0 Å². The lowest BCUT2D eigenvalue weighted by Gasteiger charge is -2.31. The molecule has 0 bridgehead atoms. The number of carbonyl (C=O) groups excluding carboxylic acids is 1. The zero-order valence-corrected chi connectivity index (χ0v) is 14.0. The molecule has 0 spiro atoms. The zero-order valence-electron chi connectivity index (χ0n) is 13.2. The summed E-state index contributed by atoms with van der Waals surface area (Å²) >= 11 is 0. The molecule has 1 amide bonds. The first-order valence-corrected chi connectivity index (χ1v) is 9.62. The molecule has 0 aromatic heterocycles. The zero-order chi connectivity index (χ0) is 17.3. The van der Waals surface area contributed by atoms with Gasteiger partial charge in [0.1, 0.15) is 0 Å². The Bertz CT molecular complexity index is 761. The Morgan fingerprint density at radius 2 is 1.96 bits per heavy atom. The highest BCUT2D eigenvalue weighted by Gasteiger charge is 2.31. The van der Waals surface area contributed by atoms with E-state index in [-0.39, 0.29) is 18.2 Å². The normalized spacial score (nSPS) is 23.2. The number of nitrogens with zero attached hydrogens (tertiary/aromatic N) is 2. The van der Waals surface area contributed by atoms with Gasteiger partial charge in [0.15, 0.2) is 0 Å². The summed E-state index contributed by atoms with van der Waals surface area (Å²) in [5.41, 5.74) is 0.880. The van der Waals surface area contributed by atoms with Crippen LogP contribution < -0.4 is 4.31 Å². The number of sulfonamides is 1. The van der Waals surface area contributed by atoms with Crippen molar-refractivity contribution in [1.82, 2.24) is 4.90 Å². The Balaban J connectivity index is 1.81. The molecule has 2 fully saturated rings. The van der Waals surface area contributed by atoms with Gasteiger partial charge in [0.2, 0.25) is 10.0 Å². The molecule has 8 heteroatoms. The molecule has 3 rings (SSSR count). The third kappa shape index (κ3) is 3.24. The molecule has 2 aliphatic heterocycles. The summed E-state index contributed by atoms with van der Waals surface area (Å²) in [6, 6.07) is 6.55. The second-order valence-electron chi connectivity index (χ2n) is 6.22. The van der Waals surface area contributed by atoms with Crippen molar-refractivity contribution in [3.8, 4) is 0 Å². The number of aliphatic carboxylic acids is 1. The molecule has 2 heterocycles. The molecule has 2 saturated heterocycles. The summed E-state index contributed by atoms with van der Waals surface area (Å²) in [5.74, 6) is -1.55. The minimum absolute atomic E-state index is 0.123. The predicted octanol–water partition coefficient (Wildman–Crippen LogP) is 1.16. The van der Waals surface area contributed by atoms with Gasteiger partial charge in [-0.15, -0.1) is 0 Å². The quantitative estimate of drug-likeness (QED) is 0.881. The molecule has 130 valence electrons. The van der Waals surface area contributed by atoms with E-state index in [0.717, 1.165) is 0 Å². The number of carboxylic acids is 1. The average Bonchev–Trinajstić information content (AvgIpc) is 2.93. The standard InChI is InChI=1S/C16H20N2O5S/c19-15(17-7-2-5-13(11-17)16(20)21)12-4-1-6-14(10-12)18-8-3-9-24(18,22)23/h1,4,6,10,13H,2-3,5,7-9,11H2,(H,20,21). The maximum atomic E-state index is 12.7. The van der Waals surface area contributed by atoms with Crippen LogP contribution in [0, 0.1) is 5.92 Å². The first kappa shape index (κ1) is 16.8. The molecular formula is C16H20N2O5S. The SMILES string of the molecule is O=C(O)C1CCCN(C(=O)c2cccc(N3CCCS3(=O)=O)c2)C1. The first-order chi connectivity index (χ1) is 11.4. The Hall–Kier alpha value is -2.09. The van der Waals surface area contributed by atoms with Crippen molar-refractivity contribution in [2.24, 2.45) is 5.92 Å². The van der Waals surface area contributed by atoms with Gasteiger partial charge in [-0.05, 0) is 37.5 Å². The molecule has 2 aliphatic rings. The van der Waals surface area contributed by atoms with E-state index >= 15 is 0 Å². The molecule has 7 nitrogen and oxygen atoms in total. The van der Waals surface area contributed by atoms with Gasteiger partial charge in [0.05, 0.1) is 17.4 Å². The minimum Gasteiger partial charge on any atom is -0.481 e. The summed E-state index contributed by atoms with van der Waals surface area (Å²) in [6.07, 6.45) is 1.81. The first-order valence-electron chi connectivity index (χ1n) is 8.01. The lowest BCUT2D eigenvalue weighted by molar-refractivity contribution is -0.143. The Kier molecular flexibility index (Phi) is 4.49.